The molecule has 0 saturated heterocycles. The molecule has 0 aliphatic heterocycles. The highest BCUT2D eigenvalue weighted by Crippen LogP contribution is 2.22. The van der Waals surface area contributed by atoms with Gasteiger partial charge in [-0.25, -0.2) is 4.98 Å². The van der Waals surface area contributed by atoms with Crippen molar-refractivity contribution in [2.24, 2.45) is 0 Å². The lowest BCUT2D eigenvalue weighted by molar-refractivity contribution is 0.0935. The Kier molecular flexibility index (Phi) is 6.31. The molecule has 0 spiro atoms. The van der Waals surface area contributed by atoms with Gasteiger partial charge in [-0.2, -0.15) is 0 Å². The first-order chi connectivity index (χ1) is 15.9. The molecule has 4 rings (SSSR count). The second-order valence-corrected chi connectivity index (χ2v) is 8.06. The molecule has 2 aromatic carbocycles. The van der Waals surface area contributed by atoms with Crippen LogP contribution in [0.5, 0.6) is 5.75 Å². The highest BCUT2D eigenvalue weighted by molar-refractivity contribution is 5.95. The number of benzene rings is 2. The van der Waals surface area contributed by atoms with E-state index in [2.05, 4.69) is 15.3 Å². The van der Waals surface area contributed by atoms with Crippen molar-refractivity contribution < 1.29 is 9.53 Å². The topological polar surface area (TPSA) is 89.0 Å². The van der Waals surface area contributed by atoms with E-state index in [0.29, 0.717) is 24.5 Å². The van der Waals surface area contributed by atoms with E-state index in [1.165, 1.54) is 6.07 Å². The molecule has 2 aromatic heterocycles. The van der Waals surface area contributed by atoms with Crippen molar-refractivity contribution in [3.8, 4) is 5.75 Å². The average molecular weight is 445 g/mol. The molecule has 0 bridgehead atoms. The molecule has 4 aromatic rings. The second kappa shape index (κ2) is 9.32. The number of nitrogens with zero attached hydrogens (tertiary/aromatic N) is 2. The fraction of sp³-hybridized carbons (Fsp3) is 0.269. The molecule has 1 amide bonds. The van der Waals surface area contributed by atoms with Gasteiger partial charge in [0.25, 0.3) is 5.91 Å². The third-order valence-electron chi connectivity index (χ3n) is 5.87. The number of pyridine rings is 1. The zero-order valence-corrected chi connectivity index (χ0v) is 19.3. The van der Waals surface area contributed by atoms with E-state index in [0.717, 1.165) is 28.0 Å². The molecule has 0 aliphatic rings. The van der Waals surface area contributed by atoms with Gasteiger partial charge >= 0.3 is 0 Å². The summed E-state index contributed by atoms with van der Waals surface area (Å²) in [6.07, 6.45) is 0.536. The summed E-state index contributed by atoms with van der Waals surface area (Å²) >= 11 is 0. The van der Waals surface area contributed by atoms with Crippen LogP contribution in [0.1, 0.15) is 53.0 Å². The summed E-state index contributed by atoms with van der Waals surface area (Å²) in [6, 6.07) is 16.6. The Labute approximate surface area is 192 Å². The number of aromatic nitrogens is 3. The van der Waals surface area contributed by atoms with Crippen LogP contribution in [-0.2, 0) is 13.0 Å². The molecular weight excluding hydrogens is 416 g/mol. The lowest BCUT2D eigenvalue weighted by Gasteiger charge is -2.21. The maximum atomic E-state index is 13.3. The van der Waals surface area contributed by atoms with Crippen LogP contribution in [0.15, 0.2) is 59.4 Å². The van der Waals surface area contributed by atoms with Gasteiger partial charge in [0, 0.05) is 23.0 Å². The quantitative estimate of drug-likeness (QED) is 0.448. The molecule has 7 heteroatoms. The number of methoxy groups -OCH3 is 1. The fourth-order valence-corrected chi connectivity index (χ4v) is 4.18. The Morgan fingerprint density at radius 1 is 1.18 bits per heavy atom. The Bertz CT molecular complexity index is 1340. The summed E-state index contributed by atoms with van der Waals surface area (Å²) in [6.45, 7) is 6.18. The summed E-state index contributed by atoms with van der Waals surface area (Å²) < 4.78 is 7.51. The predicted molar refractivity (Wildman–Crippen MR) is 129 cm³/mol. The van der Waals surface area contributed by atoms with Gasteiger partial charge in [-0.05, 0) is 38.5 Å². The number of imidazole rings is 1. The summed E-state index contributed by atoms with van der Waals surface area (Å²) in [5, 5.41) is 2.95. The first-order valence-corrected chi connectivity index (χ1v) is 11.0. The first-order valence-electron chi connectivity index (χ1n) is 11.0. The standard InChI is InChI=1S/C26H28N4O3/c1-5-21-24(26(32)27-17(3)25-28-19-11-7-8-12-20(19)29-25)22(31)14-16(2)30(21)15-18-10-6-9-13-23(18)33-4/h6-14,17H,5,15H2,1-4H3,(H,27,32)(H,28,29). The van der Waals surface area contributed by atoms with Crippen LogP contribution >= 0.6 is 0 Å². The van der Waals surface area contributed by atoms with Gasteiger partial charge in [-0.1, -0.05) is 37.3 Å². The number of amides is 1. The lowest BCUT2D eigenvalue weighted by Crippen LogP contribution is -2.34. The number of H-pyrrole nitrogens is 1. The molecule has 33 heavy (non-hydrogen) atoms. The SMILES string of the molecule is CCc1c(C(=O)NC(C)c2nc3ccccc3[nH]2)c(=O)cc(C)n1Cc1ccccc1OC. The maximum absolute atomic E-state index is 13.3. The number of para-hydroxylation sites is 3. The third-order valence-corrected chi connectivity index (χ3v) is 5.87. The third kappa shape index (κ3) is 4.39. The van der Waals surface area contributed by atoms with E-state index in [-0.39, 0.29) is 11.0 Å². The van der Waals surface area contributed by atoms with Gasteiger partial charge in [0.1, 0.15) is 17.1 Å². The van der Waals surface area contributed by atoms with Gasteiger partial charge in [0.05, 0.1) is 30.7 Å². The van der Waals surface area contributed by atoms with Gasteiger partial charge in [0.2, 0.25) is 0 Å². The molecule has 2 N–H and O–H groups in total. The minimum absolute atomic E-state index is 0.168. The van der Waals surface area contributed by atoms with Crippen molar-refractivity contribution >= 4 is 16.9 Å². The van der Waals surface area contributed by atoms with Gasteiger partial charge in [-0.15, -0.1) is 0 Å². The van der Waals surface area contributed by atoms with Crippen LogP contribution in [-0.4, -0.2) is 27.6 Å². The maximum Gasteiger partial charge on any atom is 0.257 e. The van der Waals surface area contributed by atoms with E-state index < -0.39 is 11.9 Å². The summed E-state index contributed by atoms with van der Waals surface area (Å²) in [7, 11) is 1.64. The van der Waals surface area contributed by atoms with E-state index in [9.17, 15) is 9.59 Å². The molecule has 0 radical (unpaired) electrons. The number of carbonyl (C=O) groups excluding carboxylic acids is 1. The molecule has 0 saturated carbocycles. The van der Waals surface area contributed by atoms with Crippen molar-refractivity contribution in [2.75, 3.05) is 7.11 Å². The van der Waals surface area contributed by atoms with Crippen LogP contribution < -0.4 is 15.5 Å². The normalized spacial score (nSPS) is 12.0. The highest BCUT2D eigenvalue weighted by atomic mass is 16.5. The Morgan fingerprint density at radius 3 is 2.64 bits per heavy atom. The minimum atomic E-state index is -0.404. The molecular formula is C26H28N4O3. The Morgan fingerprint density at radius 2 is 1.91 bits per heavy atom. The molecule has 2 heterocycles. The molecule has 1 unspecified atom stereocenters. The molecule has 170 valence electrons. The zero-order chi connectivity index (χ0) is 23.5. The predicted octanol–water partition coefficient (Wildman–Crippen LogP) is 4.14. The second-order valence-electron chi connectivity index (χ2n) is 8.06. The van der Waals surface area contributed by atoms with Crippen molar-refractivity contribution in [1.82, 2.24) is 19.9 Å². The number of rotatable bonds is 7. The lowest BCUT2D eigenvalue weighted by atomic mass is 10.1. The van der Waals surface area contributed by atoms with E-state index in [1.54, 1.807) is 7.11 Å². The van der Waals surface area contributed by atoms with E-state index >= 15 is 0 Å². The first kappa shape index (κ1) is 22.3. The van der Waals surface area contributed by atoms with Crippen molar-refractivity contribution in [1.29, 1.82) is 0 Å². The zero-order valence-electron chi connectivity index (χ0n) is 19.3. The summed E-state index contributed by atoms with van der Waals surface area (Å²) in [5.74, 6) is 1.00. The highest BCUT2D eigenvalue weighted by Gasteiger charge is 2.22. The van der Waals surface area contributed by atoms with E-state index in [1.807, 2.05) is 73.9 Å². The fourth-order valence-electron chi connectivity index (χ4n) is 4.18. The molecule has 1 atom stereocenters. The average Bonchev–Trinajstić information content (AvgIpc) is 3.25. The van der Waals surface area contributed by atoms with Gasteiger partial charge in [0.15, 0.2) is 5.43 Å². The number of ether oxygens (including phenoxy) is 1. The smallest absolute Gasteiger partial charge is 0.257 e. The van der Waals surface area contributed by atoms with E-state index in [4.69, 9.17) is 4.74 Å². The van der Waals surface area contributed by atoms with Gasteiger partial charge < -0.3 is 19.6 Å². The van der Waals surface area contributed by atoms with Crippen molar-refractivity contribution in [3.05, 3.63) is 93.2 Å². The van der Waals surface area contributed by atoms with Gasteiger partial charge in [-0.3, -0.25) is 9.59 Å². The number of hydrogen-bond donors (Lipinski definition) is 2. The van der Waals surface area contributed by atoms with Crippen molar-refractivity contribution in [2.45, 2.75) is 39.8 Å². The van der Waals surface area contributed by atoms with Crippen LogP contribution in [0.4, 0.5) is 0 Å². The molecule has 0 aliphatic carbocycles. The van der Waals surface area contributed by atoms with Crippen LogP contribution in [0.3, 0.4) is 0 Å². The van der Waals surface area contributed by atoms with Crippen LogP contribution in [0.2, 0.25) is 0 Å². The summed E-state index contributed by atoms with van der Waals surface area (Å²) in [5.41, 5.74) is 4.08. The largest absolute Gasteiger partial charge is 0.496 e. The van der Waals surface area contributed by atoms with Crippen LogP contribution in [0.25, 0.3) is 11.0 Å². The number of carbonyl (C=O) groups is 1. The summed E-state index contributed by atoms with van der Waals surface area (Å²) in [4.78, 5) is 34.0. The number of nitrogens with one attached hydrogen (secondary N) is 2. The molecule has 0 fully saturated rings. The number of aromatic amines is 1. The number of aryl methyl sites for hydroxylation is 1. The van der Waals surface area contributed by atoms with Crippen LogP contribution in [0, 0.1) is 6.92 Å². The monoisotopic (exact) mass is 444 g/mol. The molecule has 7 nitrogen and oxygen atoms in total. The van der Waals surface area contributed by atoms with Crippen molar-refractivity contribution in [3.63, 3.8) is 0 Å². The Balaban J connectivity index is 1.68. The number of hydrogen-bond acceptors (Lipinski definition) is 4. The minimum Gasteiger partial charge on any atom is -0.496 e. The number of fused-ring (bicyclic) bond motifs is 1. The Hall–Kier alpha value is -3.87.